The molecule has 0 aromatic heterocycles. The van der Waals surface area contributed by atoms with Crippen LogP contribution in [0.2, 0.25) is 0 Å². The second-order valence-corrected chi connectivity index (χ2v) is 13.5. The molecule has 2 aromatic carbocycles. The Morgan fingerprint density at radius 3 is 2.58 bits per heavy atom. The molecule has 5 rings (SSSR count). The number of benzene rings is 2. The second kappa shape index (κ2) is 11.5. The van der Waals surface area contributed by atoms with E-state index in [1.54, 1.807) is 11.1 Å². The van der Waals surface area contributed by atoms with Gasteiger partial charge in [-0.2, -0.15) is 0 Å². The third kappa shape index (κ3) is 5.56. The lowest BCUT2D eigenvalue weighted by Crippen LogP contribution is -2.49. The summed E-state index contributed by atoms with van der Waals surface area (Å²) >= 11 is 0. The summed E-state index contributed by atoms with van der Waals surface area (Å²) in [6.45, 7) is 16.3. The van der Waals surface area contributed by atoms with Crippen molar-refractivity contribution in [2.45, 2.75) is 85.0 Å². The highest BCUT2D eigenvalue weighted by molar-refractivity contribution is 5.69. The van der Waals surface area contributed by atoms with E-state index in [1.165, 1.54) is 73.9 Å². The normalized spacial score (nSPS) is 28.9. The molecule has 206 valence electrons. The highest BCUT2D eigenvalue weighted by atomic mass is 15.1. The van der Waals surface area contributed by atoms with Crippen molar-refractivity contribution in [3.63, 3.8) is 0 Å². The van der Waals surface area contributed by atoms with E-state index in [1.807, 2.05) is 0 Å². The first kappa shape index (κ1) is 27.4. The van der Waals surface area contributed by atoms with Gasteiger partial charge in [0.25, 0.3) is 0 Å². The summed E-state index contributed by atoms with van der Waals surface area (Å²) < 4.78 is 0. The quantitative estimate of drug-likeness (QED) is 0.349. The van der Waals surface area contributed by atoms with Gasteiger partial charge >= 0.3 is 0 Å². The SMILES string of the molecule is C=C(c1ccc2c(c1)N(CC1C(C)CC1C1CCCC(C)C1)CC(c1ccc(C)cc1CCC)C2)N(C)C. The first-order valence-electron chi connectivity index (χ1n) is 15.6. The molecule has 1 heterocycles. The highest BCUT2D eigenvalue weighted by Gasteiger charge is 2.44. The van der Waals surface area contributed by atoms with E-state index >= 15 is 0 Å². The number of hydrogen-bond donors (Lipinski definition) is 0. The fourth-order valence-electron chi connectivity index (χ4n) is 8.15. The Morgan fingerprint density at radius 1 is 1.05 bits per heavy atom. The minimum Gasteiger partial charge on any atom is -0.378 e. The van der Waals surface area contributed by atoms with Gasteiger partial charge in [0.1, 0.15) is 0 Å². The summed E-state index contributed by atoms with van der Waals surface area (Å²) in [5, 5.41) is 0. The van der Waals surface area contributed by atoms with E-state index in [0.717, 1.165) is 48.3 Å². The van der Waals surface area contributed by atoms with Crippen molar-refractivity contribution in [3.8, 4) is 0 Å². The second-order valence-electron chi connectivity index (χ2n) is 13.5. The summed E-state index contributed by atoms with van der Waals surface area (Å²) in [7, 11) is 4.21. The summed E-state index contributed by atoms with van der Waals surface area (Å²) in [6.07, 6.45) is 10.8. The van der Waals surface area contributed by atoms with Crippen LogP contribution in [0.3, 0.4) is 0 Å². The minimum absolute atomic E-state index is 0.566. The van der Waals surface area contributed by atoms with E-state index in [9.17, 15) is 0 Å². The van der Waals surface area contributed by atoms with Crippen LogP contribution in [0.25, 0.3) is 5.70 Å². The van der Waals surface area contributed by atoms with Gasteiger partial charge in [-0.1, -0.05) is 88.9 Å². The lowest BCUT2D eigenvalue weighted by molar-refractivity contribution is 0.0148. The van der Waals surface area contributed by atoms with Gasteiger partial charge in [0.05, 0.1) is 0 Å². The topological polar surface area (TPSA) is 6.48 Å². The Labute approximate surface area is 233 Å². The molecule has 0 saturated heterocycles. The van der Waals surface area contributed by atoms with Crippen molar-refractivity contribution in [1.29, 1.82) is 0 Å². The Bertz CT molecular complexity index is 1130. The summed E-state index contributed by atoms with van der Waals surface area (Å²) in [5.74, 6) is 5.03. The molecule has 6 atom stereocenters. The van der Waals surface area contributed by atoms with Gasteiger partial charge in [-0.15, -0.1) is 0 Å². The predicted molar refractivity (Wildman–Crippen MR) is 165 cm³/mol. The molecule has 0 N–H and O–H groups in total. The van der Waals surface area contributed by atoms with Gasteiger partial charge in [-0.05, 0) is 90.5 Å². The maximum atomic E-state index is 4.39. The van der Waals surface area contributed by atoms with Crippen LogP contribution >= 0.6 is 0 Å². The summed E-state index contributed by atoms with van der Waals surface area (Å²) in [5.41, 5.74) is 9.92. The smallest absolute Gasteiger partial charge is 0.0406 e. The van der Waals surface area contributed by atoms with E-state index < -0.39 is 0 Å². The van der Waals surface area contributed by atoms with Crippen molar-refractivity contribution in [3.05, 3.63) is 70.8 Å². The first-order chi connectivity index (χ1) is 18.2. The lowest BCUT2D eigenvalue weighted by atomic mass is 9.57. The van der Waals surface area contributed by atoms with Gasteiger partial charge in [0.15, 0.2) is 0 Å². The molecule has 6 unspecified atom stereocenters. The maximum Gasteiger partial charge on any atom is 0.0406 e. The van der Waals surface area contributed by atoms with Gasteiger partial charge in [-0.25, -0.2) is 0 Å². The van der Waals surface area contributed by atoms with Crippen molar-refractivity contribution in [2.24, 2.45) is 29.6 Å². The maximum absolute atomic E-state index is 4.39. The molecule has 38 heavy (non-hydrogen) atoms. The number of anilines is 1. The monoisotopic (exact) mass is 512 g/mol. The molecule has 3 aliphatic rings. The molecular weight excluding hydrogens is 460 g/mol. The van der Waals surface area contributed by atoms with E-state index in [4.69, 9.17) is 0 Å². The van der Waals surface area contributed by atoms with Crippen molar-refractivity contribution >= 4 is 11.4 Å². The van der Waals surface area contributed by atoms with Gasteiger partial charge in [0.2, 0.25) is 0 Å². The standard InChI is InChI=1S/C36H52N2/c1-8-10-29-18-25(3)13-16-33(29)32-20-31-15-14-28(27(5)37(6)7)21-36(31)38(22-32)23-35-26(4)19-34(35)30-12-9-11-24(2)17-30/h13-16,18,21,24,26,30,32,34-35H,5,8-12,17,19-20,22-23H2,1-4,6-7H3. The van der Waals surface area contributed by atoms with Crippen LogP contribution in [0.1, 0.15) is 93.0 Å². The van der Waals surface area contributed by atoms with Gasteiger partial charge in [-0.3, -0.25) is 0 Å². The average Bonchev–Trinajstić information content (AvgIpc) is 2.89. The van der Waals surface area contributed by atoms with E-state index in [-0.39, 0.29) is 0 Å². The molecule has 2 heteroatoms. The molecule has 0 bridgehead atoms. The number of hydrogen-bond acceptors (Lipinski definition) is 2. The van der Waals surface area contributed by atoms with E-state index in [2.05, 4.69) is 94.6 Å². The Kier molecular flexibility index (Phi) is 8.27. The number of fused-ring (bicyclic) bond motifs is 1. The number of nitrogens with zero attached hydrogens (tertiary/aromatic N) is 2. The third-order valence-electron chi connectivity index (χ3n) is 10.4. The van der Waals surface area contributed by atoms with Crippen LogP contribution in [-0.4, -0.2) is 32.1 Å². The molecule has 2 aliphatic carbocycles. The molecule has 0 spiro atoms. The zero-order valence-corrected chi connectivity index (χ0v) is 25.1. The molecular formula is C36H52N2. The molecule has 2 saturated carbocycles. The Hall–Kier alpha value is -2.22. The van der Waals surface area contributed by atoms with Crippen LogP contribution in [0.5, 0.6) is 0 Å². The number of rotatable bonds is 8. The molecule has 0 radical (unpaired) electrons. The minimum atomic E-state index is 0.566. The zero-order valence-electron chi connectivity index (χ0n) is 25.1. The fourth-order valence-corrected chi connectivity index (χ4v) is 8.15. The van der Waals surface area contributed by atoms with Crippen LogP contribution in [0, 0.1) is 36.5 Å². The third-order valence-corrected chi connectivity index (χ3v) is 10.4. The Balaban J connectivity index is 1.47. The van der Waals surface area contributed by atoms with Gasteiger partial charge < -0.3 is 9.80 Å². The molecule has 2 nitrogen and oxygen atoms in total. The molecule has 2 aromatic rings. The molecule has 0 amide bonds. The largest absolute Gasteiger partial charge is 0.378 e. The fraction of sp³-hybridized carbons (Fsp3) is 0.611. The van der Waals surface area contributed by atoms with Crippen molar-refractivity contribution in [1.82, 2.24) is 4.90 Å². The first-order valence-corrected chi connectivity index (χ1v) is 15.6. The summed E-state index contributed by atoms with van der Waals surface area (Å²) in [4.78, 5) is 4.96. The lowest BCUT2D eigenvalue weighted by Gasteiger charge is -2.52. The van der Waals surface area contributed by atoms with Gasteiger partial charge in [0, 0.05) is 44.5 Å². The van der Waals surface area contributed by atoms with Crippen LogP contribution in [-0.2, 0) is 12.8 Å². The van der Waals surface area contributed by atoms with Crippen molar-refractivity contribution < 1.29 is 0 Å². The van der Waals surface area contributed by atoms with E-state index in [0.29, 0.717) is 5.92 Å². The van der Waals surface area contributed by atoms with Crippen LogP contribution in [0.4, 0.5) is 5.69 Å². The molecule has 2 fully saturated rings. The van der Waals surface area contributed by atoms with Crippen molar-refractivity contribution in [2.75, 3.05) is 32.1 Å². The molecule has 1 aliphatic heterocycles. The highest BCUT2D eigenvalue weighted by Crippen LogP contribution is 2.51. The average molecular weight is 513 g/mol. The van der Waals surface area contributed by atoms with Crippen LogP contribution in [0.15, 0.2) is 43.0 Å². The summed E-state index contributed by atoms with van der Waals surface area (Å²) in [6, 6.07) is 14.4. The zero-order chi connectivity index (χ0) is 27.0. The van der Waals surface area contributed by atoms with Crippen LogP contribution < -0.4 is 4.90 Å². The Morgan fingerprint density at radius 2 is 1.87 bits per heavy atom. The number of aryl methyl sites for hydroxylation is 2. The predicted octanol–water partition coefficient (Wildman–Crippen LogP) is 8.72.